The first-order chi connectivity index (χ1) is 8.79. The zero-order valence-electron chi connectivity index (χ0n) is 12.3. The molecule has 0 atom stereocenters. The van der Waals surface area contributed by atoms with Crippen LogP contribution in [0.25, 0.3) is 10.8 Å². The summed E-state index contributed by atoms with van der Waals surface area (Å²) >= 11 is 4.20. The molecular weight excluding hydrogens is 378 g/mol. The van der Waals surface area contributed by atoms with Crippen LogP contribution in [0.5, 0.6) is 5.75 Å². The Morgan fingerprint density at radius 3 is 2.37 bits per heavy atom. The van der Waals surface area contributed by atoms with Crippen molar-refractivity contribution in [2.24, 2.45) is 0 Å². The fourth-order valence-corrected chi connectivity index (χ4v) is 8.06. The summed E-state index contributed by atoms with van der Waals surface area (Å²) in [4.78, 5) is 7.26. The second-order valence-corrected chi connectivity index (χ2v) is 23.3. The van der Waals surface area contributed by atoms with Gasteiger partial charge in [-0.1, -0.05) is 0 Å². The van der Waals surface area contributed by atoms with E-state index in [1.807, 2.05) is 12.1 Å². The molecule has 2 aromatic rings. The van der Waals surface area contributed by atoms with Crippen molar-refractivity contribution in [3.8, 4) is 5.75 Å². The second kappa shape index (κ2) is 5.66. The van der Waals surface area contributed by atoms with E-state index in [0.29, 0.717) is 0 Å². The number of hydrogen-bond acceptors (Lipinski definition) is 1. The second-order valence-electron chi connectivity index (χ2n) is 6.23. The van der Waals surface area contributed by atoms with E-state index in [1.165, 1.54) is 14.4 Å². The molecule has 0 N–H and O–H groups in total. The number of rotatable bonds is 3. The number of benzene rings is 2. The van der Waals surface area contributed by atoms with E-state index in [9.17, 15) is 0 Å². The van der Waals surface area contributed by atoms with E-state index < -0.39 is 27.4 Å². The van der Waals surface area contributed by atoms with Crippen LogP contribution in [0.2, 0.25) is 32.9 Å². The maximum absolute atomic E-state index is 6.43. The van der Waals surface area contributed by atoms with Gasteiger partial charge in [0, 0.05) is 0 Å². The van der Waals surface area contributed by atoms with Gasteiger partial charge in [0.2, 0.25) is 0 Å². The molecule has 0 heterocycles. The van der Waals surface area contributed by atoms with E-state index in [-0.39, 0.29) is 0 Å². The predicted octanol–water partition coefficient (Wildman–Crippen LogP) is 4.40. The van der Waals surface area contributed by atoms with Crippen LogP contribution in [-0.2, 0) is 0 Å². The van der Waals surface area contributed by atoms with Crippen LogP contribution in [0.4, 0.5) is 0 Å². The molecule has 19 heavy (non-hydrogen) atoms. The van der Waals surface area contributed by atoms with E-state index in [0.717, 1.165) is 10.8 Å². The molecule has 0 spiro atoms. The Kier molecular flexibility index (Phi) is 4.53. The summed E-state index contributed by atoms with van der Waals surface area (Å²) in [6.45, 7) is 4.39. The Labute approximate surface area is 126 Å². The van der Waals surface area contributed by atoms with Crippen molar-refractivity contribution in [1.29, 1.82) is 0 Å². The summed E-state index contributed by atoms with van der Waals surface area (Å²) in [7, 11) is -1.07. The Bertz CT molecular complexity index is 605. The summed E-state index contributed by atoms with van der Waals surface area (Å²) in [6.07, 6.45) is 0. The summed E-state index contributed by atoms with van der Waals surface area (Å²) in [6, 6.07) is 10.5. The van der Waals surface area contributed by atoms with Crippen molar-refractivity contribution in [2.75, 3.05) is 0 Å². The van der Waals surface area contributed by atoms with Gasteiger partial charge in [0.25, 0.3) is 0 Å². The third kappa shape index (κ3) is 3.47. The van der Waals surface area contributed by atoms with E-state index in [4.69, 9.17) is 16.0 Å². The first kappa shape index (κ1) is 15.2. The van der Waals surface area contributed by atoms with Crippen molar-refractivity contribution in [2.45, 2.75) is 27.9 Å². The average Bonchev–Trinajstić information content (AvgIpc) is 2.26. The third-order valence-electron chi connectivity index (χ3n) is 3.08. The minimum atomic E-state index is -2.23. The summed E-state index contributed by atoms with van der Waals surface area (Å²) in [5.41, 5.74) is 0. The SMILES string of the molecule is C[SiH](C)Oc1c[c]([Sn]([CH3])([CH3])[CH3])c2c(Cl)cccc2c1. The molecule has 0 fully saturated rings. The standard InChI is InChI=1S/C12H12ClOSi.3CH3.Sn/c1-15(2)14-10-6-7-11-9(8-10)4-3-5-12(11)13;;;;/h3-6,8,15H,1-2H3;3*1H3;. The van der Waals surface area contributed by atoms with Gasteiger partial charge >= 0.3 is 127 Å². The fraction of sp³-hybridized carbons (Fsp3) is 0.333. The van der Waals surface area contributed by atoms with Gasteiger partial charge in [-0.05, 0) is 0 Å². The molecule has 0 aliphatic carbocycles. The van der Waals surface area contributed by atoms with Crippen molar-refractivity contribution in [1.82, 2.24) is 0 Å². The van der Waals surface area contributed by atoms with Crippen molar-refractivity contribution in [3.05, 3.63) is 35.4 Å². The Morgan fingerprint density at radius 1 is 1.11 bits per heavy atom. The average molecular weight is 400 g/mol. The van der Waals surface area contributed by atoms with Crippen molar-refractivity contribution < 1.29 is 4.43 Å². The van der Waals surface area contributed by atoms with E-state index in [2.05, 4.69) is 46.1 Å². The third-order valence-corrected chi connectivity index (χ3v) is 9.88. The molecule has 0 aromatic heterocycles. The molecule has 0 saturated carbocycles. The van der Waals surface area contributed by atoms with Crippen LogP contribution in [0.15, 0.2) is 30.3 Å². The Balaban J connectivity index is 2.73. The molecule has 0 saturated heterocycles. The van der Waals surface area contributed by atoms with Crippen LogP contribution in [0.1, 0.15) is 0 Å². The topological polar surface area (TPSA) is 9.23 Å². The van der Waals surface area contributed by atoms with Gasteiger partial charge in [0.05, 0.1) is 0 Å². The van der Waals surface area contributed by atoms with Crippen molar-refractivity contribution in [3.63, 3.8) is 0 Å². The molecule has 102 valence electrons. The monoisotopic (exact) mass is 400 g/mol. The van der Waals surface area contributed by atoms with E-state index in [1.54, 1.807) is 0 Å². The Hall–Kier alpha value is -0.194. The molecule has 0 amide bonds. The first-order valence-corrected chi connectivity index (χ1v) is 19.8. The molecule has 0 radical (unpaired) electrons. The van der Waals surface area contributed by atoms with Crippen LogP contribution in [-0.4, -0.2) is 27.4 Å². The predicted molar refractivity (Wildman–Crippen MR) is 91.4 cm³/mol. The van der Waals surface area contributed by atoms with E-state index >= 15 is 0 Å². The number of fused-ring (bicyclic) bond motifs is 1. The molecule has 4 heteroatoms. The normalized spacial score (nSPS) is 12.2. The maximum atomic E-state index is 6.43. The van der Waals surface area contributed by atoms with Crippen LogP contribution in [0, 0.1) is 0 Å². The Morgan fingerprint density at radius 2 is 1.79 bits per heavy atom. The molecule has 2 aromatic carbocycles. The van der Waals surface area contributed by atoms with Gasteiger partial charge in [-0.2, -0.15) is 0 Å². The number of hydrogen-bond donors (Lipinski definition) is 0. The minimum absolute atomic E-state index is 0.868. The summed E-state index contributed by atoms with van der Waals surface area (Å²) < 4.78 is 7.49. The van der Waals surface area contributed by atoms with Gasteiger partial charge in [-0.15, -0.1) is 0 Å². The van der Waals surface area contributed by atoms with Gasteiger partial charge in [0.1, 0.15) is 0 Å². The molecule has 0 aliphatic rings. The van der Waals surface area contributed by atoms with Gasteiger partial charge in [0.15, 0.2) is 0 Å². The van der Waals surface area contributed by atoms with Crippen LogP contribution >= 0.6 is 11.6 Å². The molecular formula is C15H21ClOSiSn. The molecule has 1 nitrogen and oxygen atoms in total. The van der Waals surface area contributed by atoms with Gasteiger partial charge in [-0.25, -0.2) is 0 Å². The molecule has 0 aliphatic heterocycles. The zero-order chi connectivity index (χ0) is 14.2. The quantitative estimate of drug-likeness (QED) is 0.695. The van der Waals surface area contributed by atoms with Gasteiger partial charge < -0.3 is 0 Å². The molecule has 2 rings (SSSR count). The molecule has 0 bridgehead atoms. The summed E-state index contributed by atoms with van der Waals surface area (Å²) in [5, 5.41) is 3.32. The fourth-order valence-electron chi connectivity index (χ4n) is 2.29. The van der Waals surface area contributed by atoms with Gasteiger partial charge in [-0.3, -0.25) is 0 Å². The van der Waals surface area contributed by atoms with Crippen LogP contribution < -0.4 is 8.01 Å². The zero-order valence-corrected chi connectivity index (χ0v) is 17.0. The summed E-state index contributed by atoms with van der Waals surface area (Å²) in [5.74, 6) is 1.03. The van der Waals surface area contributed by atoms with Crippen LogP contribution in [0.3, 0.4) is 0 Å². The first-order valence-electron chi connectivity index (χ1n) is 6.68. The molecule has 0 unspecified atom stereocenters. The van der Waals surface area contributed by atoms with Crippen molar-refractivity contribution >= 4 is 53.4 Å². The number of halogens is 1.